The summed E-state index contributed by atoms with van der Waals surface area (Å²) < 4.78 is 43.7. The molecule has 0 spiro atoms. The predicted molar refractivity (Wildman–Crippen MR) is 142 cm³/mol. The molecule has 0 aromatic carbocycles. The van der Waals surface area contributed by atoms with Gasteiger partial charge in [0.15, 0.2) is 11.6 Å². The molecule has 1 saturated heterocycles. The van der Waals surface area contributed by atoms with Crippen LogP contribution in [0.15, 0.2) is 24.5 Å². The van der Waals surface area contributed by atoms with Crippen molar-refractivity contribution in [2.45, 2.75) is 94.7 Å². The predicted octanol–water partition coefficient (Wildman–Crippen LogP) is 2.84. The van der Waals surface area contributed by atoms with E-state index in [2.05, 4.69) is 15.5 Å². The van der Waals surface area contributed by atoms with E-state index >= 15 is 0 Å². The van der Waals surface area contributed by atoms with E-state index in [0.29, 0.717) is 30.9 Å². The van der Waals surface area contributed by atoms with Crippen LogP contribution in [0.2, 0.25) is 0 Å². The lowest BCUT2D eigenvalue weighted by atomic mass is 9.96. The molecule has 2 aliphatic heterocycles. The Bertz CT molecular complexity index is 1280. The summed E-state index contributed by atoms with van der Waals surface area (Å²) in [5.41, 5.74) is -2.21. The van der Waals surface area contributed by atoms with Crippen molar-refractivity contribution in [2.24, 2.45) is 0 Å². The number of carboxylic acids is 3. The quantitative estimate of drug-likeness (QED) is 0.263. The number of halogens is 3. The Morgan fingerprint density at radius 3 is 2.30 bits per heavy atom. The second kappa shape index (κ2) is 13.4. The Hall–Kier alpha value is -4.15. The van der Waals surface area contributed by atoms with Crippen LogP contribution < -0.4 is 5.32 Å². The van der Waals surface area contributed by atoms with Crippen LogP contribution >= 0.6 is 0 Å². The minimum Gasteiger partial charge on any atom is -0.481 e. The first-order valence-corrected chi connectivity index (χ1v) is 13.7. The highest BCUT2D eigenvalue weighted by Crippen LogP contribution is 2.42. The molecule has 1 amide bonds. The summed E-state index contributed by atoms with van der Waals surface area (Å²) in [5.74, 6) is -4.66. The van der Waals surface area contributed by atoms with Crippen LogP contribution in [0.4, 0.5) is 19.0 Å². The van der Waals surface area contributed by atoms with Crippen LogP contribution in [-0.4, -0.2) is 93.1 Å². The molecule has 4 heterocycles. The average molecular weight is 617 g/mol. The zero-order valence-electron chi connectivity index (χ0n) is 23.6. The molecule has 4 atom stereocenters. The minimum atomic E-state index is -4.36. The number of nitrogens with zero attached hydrogens (tertiary/aromatic N) is 5. The van der Waals surface area contributed by atoms with Crippen molar-refractivity contribution in [3.8, 4) is 0 Å². The lowest BCUT2D eigenvalue weighted by Gasteiger charge is -2.32. The molecule has 0 radical (unpaired) electrons. The second-order valence-corrected chi connectivity index (χ2v) is 10.7. The van der Waals surface area contributed by atoms with E-state index in [1.165, 1.54) is 0 Å². The monoisotopic (exact) mass is 616 g/mol. The van der Waals surface area contributed by atoms with E-state index in [1.54, 1.807) is 21.8 Å². The first kappa shape index (κ1) is 33.4. The average Bonchev–Trinajstić information content (AvgIpc) is 3.67. The number of carboxylic acid groups (broad SMARTS) is 3. The van der Waals surface area contributed by atoms with E-state index in [9.17, 15) is 32.3 Å². The number of anilines is 1. The molecule has 2 aliphatic rings. The van der Waals surface area contributed by atoms with Gasteiger partial charge < -0.3 is 30.6 Å². The Kier molecular flexibility index (Phi) is 10.4. The Labute approximate surface area is 244 Å². The number of nitrogens with one attached hydrogen (secondary N) is 1. The first-order valence-electron chi connectivity index (χ1n) is 13.7. The highest BCUT2D eigenvalue weighted by molar-refractivity contribution is 5.88. The number of rotatable bonds is 10. The molecular formula is C26H35F3N6O8. The van der Waals surface area contributed by atoms with E-state index in [-0.39, 0.29) is 36.9 Å². The lowest BCUT2D eigenvalue weighted by molar-refractivity contribution is -0.173. The van der Waals surface area contributed by atoms with Gasteiger partial charge in [0.2, 0.25) is 5.91 Å². The van der Waals surface area contributed by atoms with Gasteiger partial charge in [0, 0.05) is 37.5 Å². The van der Waals surface area contributed by atoms with Crippen LogP contribution in [0.5, 0.6) is 0 Å². The van der Waals surface area contributed by atoms with Crippen molar-refractivity contribution in [1.29, 1.82) is 0 Å². The number of fused-ring (bicyclic) bond motifs is 1. The Balaban J connectivity index is 0.000000331. The van der Waals surface area contributed by atoms with Gasteiger partial charge in [-0.1, -0.05) is 6.92 Å². The van der Waals surface area contributed by atoms with E-state index in [1.807, 2.05) is 26.1 Å². The van der Waals surface area contributed by atoms with Crippen molar-refractivity contribution in [2.75, 3.05) is 11.9 Å². The third-order valence-corrected chi connectivity index (χ3v) is 7.43. The maximum atomic E-state index is 13.6. The molecule has 17 heteroatoms. The van der Waals surface area contributed by atoms with Gasteiger partial charge in [0.05, 0.1) is 30.6 Å². The van der Waals surface area contributed by atoms with Crippen molar-refractivity contribution in [3.05, 3.63) is 30.2 Å². The van der Waals surface area contributed by atoms with Gasteiger partial charge in [0.25, 0.3) is 0 Å². The number of aliphatic hydroxyl groups is 1. The van der Waals surface area contributed by atoms with Crippen molar-refractivity contribution < 1.29 is 52.8 Å². The summed E-state index contributed by atoms with van der Waals surface area (Å²) in [6.45, 7) is 4.38. The van der Waals surface area contributed by atoms with Crippen molar-refractivity contribution >= 4 is 29.6 Å². The lowest BCUT2D eigenvalue weighted by Crippen LogP contribution is -2.42. The van der Waals surface area contributed by atoms with Gasteiger partial charge in [-0.2, -0.15) is 23.4 Å². The molecule has 4 rings (SSSR count). The maximum absolute atomic E-state index is 13.6. The molecule has 2 unspecified atom stereocenters. The standard InChI is InChI=1S/C20H27F3N6O.C6H8O7/c1-3-14-11-17(20(21,22)23)29-18(25-14)12-15(26-29)16-6-4-8-27(16)19(30)10-13(2)28-9-5-7-24-28;7-3(8)1-6(13,5(11)12)2-4(9)10/h5,7,9,12-14,16-17,25H,3-4,6,8,10-11H2,1-2H3;13H,1-2H2,(H,7,8)(H,9,10)(H,11,12)/t13?,14-,16?,17-;/m1./s1. The molecule has 14 nitrogen and oxygen atoms in total. The first-order chi connectivity index (χ1) is 20.1. The largest absolute Gasteiger partial charge is 0.481 e. The third-order valence-electron chi connectivity index (χ3n) is 7.43. The van der Waals surface area contributed by atoms with Gasteiger partial charge in [-0.25, -0.2) is 9.48 Å². The molecular weight excluding hydrogens is 581 g/mol. The molecule has 5 N–H and O–H groups in total. The number of amides is 1. The molecule has 2 aromatic rings. The normalized spacial score (nSPS) is 20.8. The Morgan fingerprint density at radius 1 is 1.14 bits per heavy atom. The number of alkyl halides is 3. The van der Waals surface area contributed by atoms with Gasteiger partial charge in [-0.3, -0.25) is 19.1 Å². The molecule has 0 saturated carbocycles. The van der Waals surface area contributed by atoms with E-state index in [0.717, 1.165) is 11.1 Å². The van der Waals surface area contributed by atoms with Crippen LogP contribution in [0, 0.1) is 0 Å². The molecule has 1 fully saturated rings. The summed E-state index contributed by atoms with van der Waals surface area (Å²) in [6.07, 6.45) is -0.808. The van der Waals surface area contributed by atoms with Crippen LogP contribution in [0.3, 0.4) is 0 Å². The number of aliphatic carboxylic acids is 3. The maximum Gasteiger partial charge on any atom is 0.410 e. The van der Waals surface area contributed by atoms with Gasteiger partial charge in [-0.15, -0.1) is 0 Å². The SMILES string of the molecule is CC[C@@H]1C[C@H](C(F)(F)F)n2nc(C3CCCN3C(=O)CC(C)n3cccn3)cc2N1.O=C(O)CC(O)(CC(=O)O)C(=O)O. The van der Waals surface area contributed by atoms with Crippen LogP contribution in [0.25, 0.3) is 0 Å². The fraction of sp³-hybridized carbons (Fsp3) is 0.615. The number of aromatic nitrogens is 4. The molecule has 2 aromatic heterocycles. The molecule has 0 bridgehead atoms. The third kappa shape index (κ3) is 8.24. The number of hydrogen-bond acceptors (Lipinski definition) is 8. The van der Waals surface area contributed by atoms with E-state index < -0.39 is 48.6 Å². The topological polar surface area (TPSA) is 200 Å². The molecule has 43 heavy (non-hydrogen) atoms. The highest BCUT2D eigenvalue weighted by Gasteiger charge is 2.47. The Morgan fingerprint density at radius 2 is 1.79 bits per heavy atom. The van der Waals surface area contributed by atoms with E-state index in [4.69, 9.17) is 20.4 Å². The van der Waals surface area contributed by atoms with Crippen molar-refractivity contribution in [3.63, 3.8) is 0 Å². The summed E-state index contributed by atoms with van der Waals surface area (Å²) in [5, 5.41) is 45.5. The van der Waals surface area contributed by atoms with Crippen molar-refractivity contribution in [1.82, 2.24) is 24.5 Å². The van der Waals surface area contributed by atoms with Gasteiger partial charge >= 0.3 is 24.1 Å². The molecule has 238 valence electrons. The smallest absolute Gasteiger partial charge is 0.410 e. The van der Waals surface area contributed by atoms with Crippen LogP contribution in [-0.2, 0) is 19.2 Å². The van der Waals surface area contributed by atoms with Gasteiger partial charge in [0.1, 0.15) is 5.82 Å². The minimum absolute atomic E-state index is 0.0294. The number of carbonyl (C=O) groups is 4. The number of likely N-dealkylation sites (tertiary alicyclic amines) is 1. The summed E-state index contributed by atoms with van der Waals surface area (Å²) in [6, 6.07) is 1.22. The zero-order valence-corrected chi connectivity index (χ0v) is 23.6. The van der Waals surface area contributed by atoms with Crippen LogP contribution in [0.1, 0.15) is 82.6 Å². The van der Waals surface area contributed by atoms with Gasteiger partial charge in [-0.05, 0) is 38.7 Å². The summed E-state index contributed by atoms with van der Waals surface area (Å²) in [4.78, 5) is 45.2. The summed E-state index contributed by atoms with van der Waals surface area (Å²) in [7, 11) is 0. The number of carbonyl (C=O) groups excluding carboxylic acids is 1. The highest BCUT2D eigenvalue weighted by atomic mass is 19.4. The summed E-state index contributed by atoms with van der Waals surface area (Å²) >= 11 is 0. The zero-order chi connectivity index (χ0) is 32.1. The fourth-order valence-corrected chi connectivity index (χ4v) is 5.19. The number of hydrogen-bond donors (Lipinski definition) is 5. The fourth-order valence-electron chi connectivity index (χ4n) is 5.19. The second-order valence-electron chi connectivity index (χ2n) is 10.7. The molecule has 0 aliphatic carbocycles.